The molecular weight excluding hydrogens is 192 g/mol. The first-order valence-electron chi connectivity index (χ1n) is 4.93. The highest BCUT2D eigenvalue weighted by molar-refractivity contribution is 5.73. The second kappa shape index (κ2) is 3.81. The van der Waals surface area contributed by atoms with Crippen molar-refractivity contribution in [3.05, 3.63) is 29.8 Å². The van der Waals surface area contributed by atoms with Gasteiger partial charge in [0.15, 0.2) is 0 Å². The van der Waals surface area contributed by atoms with Gasteiger partial charge in [-0.1, -0.05) is 12.1 Å². The molecule has 0 atom stereocenters. The van der Waals surface area contributed by atoms with Crippen LogP contribution in [0.15, 0.2) is 24.3 Å². The molecule has 2 amide bonds. The summed E-state index contributed by atoms with van der Waals surface area (Å²) in [6.45, 7) is 3.19. The molecule has 0 bridgehead atoms. The van der Waals surface area contributed by atoms with Crippen LogP contribution in [0, 0.1) is 6.92 Å². The van der Waals surface area contributed by atoms with Gasteiger partial charge in [0.05, 0.1) is 13.1 Å². The van der Waals surface area contributed by atoms with Crippen LogP contribution in [0.4, 0.5) is 4.79 Å². The average molecular weight is 206 g/mol. The SMILES string of the molecule is Cc1cccc(OC2CN(C(N)=O)C2)c1. The molecule has 1 fully saturated rings. The van der Waals surface area contributed by atoms with Crippen molar-refractivity contribution in [2.24, 2.45) is 5.73 Å². The van der Waals surface area contributed by atoms with Crippen LogP contribution in [0.1, 0.15) is 5.56 Å². The lowest BCUT2D eigenvalue weighted by atomic mass is 10.2. The Labute approximate surface area is 88.6 Å². The van der Waals surface area contributed by atoms with Crippen LogP contribution in [0.5, 0.6) is 5.75 Å². The van der Waals surface area contributed by atoms with Crippen molar-refractivity contribution >= 4 is 6.03 Å². The summed E-state index contributed by atoms with van der Waals surface area (Å²) in [5.74, 6) is 0.851. The highest BCUT2D eigenvalue weighted by Crippen LogP contribution is 2.18. The number of benzene rings is 1. The van der Waals surface area contributed by atoms with Gasteiger partial charge in [0.2, 0.25) is 0 Å². The van der Waals surface area contributed by atoms with Crippen LogP contribution in [-0.4, -0.2) is 30.1 Å². The van der Waals surface area contributed by atoms with Crippen LogP contribution in [0.2, 0.25) is 0 Å². The summed E-state index contributed by atoms with van der Waals surface area (Å²) in [7, 11) is 0. The van der Waals surface area contributed by atoms with Crippen molar-refractivity contribution in [1.82, 2.24) is 4.90 Å². The van der Waals surface area contributed by atoms with Gasteiger partial charge in [-0.25, -0.2) is 4.79 Å². The molecule has 0 aliphatic carbocycles. The van der Waals surface area contributed by atoms with Crippen molar-refractivity contribution in [3.8, 4) is 5.75 Å². The Hall–Kier alpha value is -1.71. The number of carbonyl (C=O) groups excluding carboxylic acids is 1. The minimum absolute atomic E-state index is 0.0827. The Morgan fingerprint density at radius 1 is 1.53 bits per heavy atom. The number of urea groups is 1. The molecule has 15 heavy (non-hydrogen) atoms. The molecule has 1 aliphatic heterocycles. The van der Waals surface area contributed by atoms with E-state index in [0.29, 0.717) is 13.1 Å². The largest absolute Gasteiger partial charge is 0.487 e. The first kappa shape index (κ1) is 9.83. The fraction of sp³-hybridized carbons (Fsp3) is 0.364. The summed E-state index contributed by atoms with van der Waals surface area (Å²) in [5, 5.41) is 0. The van der Waals surface area contributed by atoms with E-state index < -0.39 is 0 Å². The van der Waals surface area contributed by atoms with Crippen LogP contribution in [0.25, 0.3) is 0 Å². The van der Waals surface area contributed by atoms with E-state index >= 15 is 0 Å². The average Bonchev–Trinajstić information content (AvgIpc) is 2.10. The molecule has 2 N–H and O–H groups in total. The van der Waals surface area contributed by atoms with Crippen LogP contribution in [0.3, 0.4) is 0 Å². The minimum Gasteiger partial charge on any atom is -0.487 e. The number of nitrogens with zero attached hydrogens (tertiary/aromatic N) is 1. The van der Waals surface area contributed by atoms with Gasteiger partial charge in [-0.15, -0.1) is 0 Å². The third kappa shape index (κ3) is 2.21. The quantitative estimate of drug-likeness (QED) is 0.788. The van der Waals surface area contributed by atoms with Crippen molar-refractivity contribution in [2.45, 2.75) is 13.0 Å². The number of aryl methyl sites for hydroxylation is 1. The standard InChI is InChI=1S/C11H14N2O2/c1-8-3-2-4-9(5-8)15-10-6-13(7-10)11(12)14/h2-5,10H,6-7H2,1H3,(H2,12,14). The molecule has 80 valence electrons. The normalized spacial score (nSPS) is 15.9. The van der Waals surface area contributed by atoms with Gasteiger partial charge in [-0.3, -0.25) is 0 Å². The first-order valence-corrected chi connectivity index (χ1v) is 4.93. The lowest BCUT2D eigenvalue weighted by Crippen LogP contribution is -2.57. The van der Waals surface area contributed by atoms with Crippen LogP contribution < -0.4 is 10.5 Å². The molecular formula is C11H14N2O2. The summed E-state index contributed by atoms with van der Waals surface area (Å²) in [6.07, 6.45) is 0.0827. The maximum absolute atomic E-state index is 10.7. The number of nitrogens with two attached hydrogens (primary N) is 1. The molecule has 0 radical (unpaired) electrons. The zero-order valence-electron chi connectivity index (χ0n) is 8.64. The molecule has 1 aromatic carbocycles. The van der Waals surface area contributed by atoms with Crippen LogP contribution >= 0.6 is 0 Å². The van der Waals surface area contributed by atoms with Crippen molar-refractivity contribution in [2.75, 3.05) is 13.1 Å². The monoisotopic (exact) mass is 206 g/mol. The zero-order valence-corrected chi connectivity index (χ0v) is 8.64. The number of ether oxygens (including phenoxy) is 1. The van der Waals surface area contributed by atoms with Gasteiger partial charge in [0.25, 0.3) is 0 Å². The molecule has 0 unspecified atom stereocenters. The third-order valence-corrected chi connectivity index (χ3v) is 2.45. The maximum atomic E-state index is 10.7. The lowest BCUT2D eigenvalue weighted by molar-refractivity contribution is 0.0477. The van der Waals surface area contributed by atoms with Gasteiger partial charge < -0.3 is 15.4 Å². The van der Waals surface area contributed by atoms with Gasteiger partial charge in [0, 0.05) is 0 Å². The highest BCUT2D eigenvalue weighted by Gasteiger charge is 2.30. The zero-order chi connectivity index (χ0) is 10.8. The second-order valence-electron chi connectivity index (χ2n) is 3.80. The topological polar surface area (TPSA) is 55.6 Å². The Morgan fingerprint density at radius 3 is 2.87 bits per heavy atom. The highest BCUT2D eigenvalue weighted by atomic mass is 16.5. The van der Waals surface area contributed by atoms with E-state index in [9.17, 15) is 4.79 Å². The Balaban J connectivity index is 1.87. The summed E-state index contributed by atoms with van der Waals surface area (Å²) >= 11 is 0. The number of amides is 2. The smallest absolute Gasteiger partial charge is 0.315 e. The molecule has 0 saturated carbocycles. The van der Waals surface area contributed by atoms with E-state index in [1.165, 1.54) is 5.56 Å². The predicted octanol–water partition coefficient (Wildman–Crippen LogP) is 1.14. The van der Waals surface area contributed by atoms with Gasteiger partial charge >= 0.3 is 6.03 Å². The molecule has 1 heterocycles. The van der Waals surface area contributed by atoms with E-state index in [1.807, 2.05) is 31.2 Å². The Morgan fingerprint density at radius 2 is 2.27 bits per heavy atom. The van der Waals surface area contributed by atoms with E-state index in [1.54, 1.807) is 4.90 Å². The molecule has 1 saturated heterocycles. The van der Waals surface area contributed by atoms with Crippen molar-refractivity contribution < 1.29 is 9.53 Å². The van der Waals surface area contributed by atoms with E-state index in [4.69, 9.17) is 10.5 Å². The lowest BCUT2D eigenvalue weighted by Gasteiger charge is -2.37. The van der Waals surface area contributed by atoms with Gasteiger partial charge in [-0.2, -0.15) is 0 Å². The number of hydrogen-bond acceptors (Lipinski definition) is 2. The van der Waals surface area contributed by atoms with E-state index in [-0.39, 0.29) is 12.1 Å². The van der Waals surface area contributed by atoms with Crippen molar-refractivity contribution in [1.29, 1.82) is 0 Å². The number of carbonyl (C=O) groups is 1. The van der Waals surface area contributed by atoms with Crippen molar-refractivity contribution in [3.63, 3.8) is 0 Å². The van der Waals surface area contributed by atoms with Gasteiger partial charge in [0.1, 0.15) is 11.9 Å². The number of primary amides is 1. The third-order valence-electron chi connectivity index (χ3n) is 2.45. The molecule has 2 rings (SSSR count). The summed E-state index contributed by atoms with van der Waals surface area (Å²) in [6, 6.07) is 7.49. The molecule has 1 aliphatic rings. The number of rotatable bonds is 2. The second-order valence-corrected chi connectivity index (χ2v) is 3.80. The van der Waals surface area contributed by atoms with Crippen LogP contribution in [-0.2, 0) is 0 Å². The molecule has 4 nitrogen and oxygen atoms in total. The predicted molar refractivity (Wildman–Crippen MR) is 56.8 cm³/mol. The number of likely N-dealkylation sites (tertiary alicyclic amines) is 1. The fourth-order valence-corrected chi connectivity index (χ4v) is 1.57. The summed E-state index contributed by atoms with van der Waals surface area (Å²) in [4.78, 5) is 12.3. The minimum atomic E-state index is -0.376. The fourth-order valence-electron chi connectivity index (χ4n) is 1.57. The molecule has 0 aromatic heterocycles. The maximum Gasteiger partial charge on any atom is 0.315 e. The molecule has 1 aromatic rings. The Kier molecular flexibility index (Phi) is 2.49. The van der Waals surface area contributed by atoms with E-state index in [0.717, 1.165) is 5.75 Å². The Bertz CT molecular complexity index is 373. The van der Waals surface area contributed by atoms with E-state index in [2.05, 4.69) is 0 Å². The first-order chi connectivity index (χ1) is 7.15. The summed E-state index contributed by atoms with van der Waals surface area (Å²) in [5.41, 5.74) is 6.27. The summed E-state index contributed by atoms with van der Waals surface area (Å²) < 4.78 is 5.66. The molecule has 0 spiro atoms. The molecule has 4 heteroatoms. The van der Waals surface area contributed by atoms with Gasteiger partial charge in [-0.05, 0) is 24.6 Å². The number of hydrogen-bond donors (Lipinski definition) is 1.